The number of amides is 4. The van der Waals surface area contributed by atoms with Crippen molar-refractivity contribution < 1.29 is 106 Å². The first kappa shape index (κ1) is 76.0. The lowest BCUT2D eigenvalue weighted by molar-refractivity contribution is -0.146. The Hall–Kier alpha value is -7.99. The summed E-state index contributed by atoms with van der Waals surface area (Å²) in [6.07, 6.45) is -9.73. The zero-order chi connectivity index (χ0) is 64.7. The molecule has 0 unspecified atom stereocenters. The van der Waals surface area contributed by atoms with E-state index in [9.17, 15) is 101 Å². The Labute approximate surface area is 480 Å². The van der Waals surface area contributed by atoms with Gasteiger partial charge in [-0.1, -0.05) is 0 Å². The molecule has 4 amide bonds. The normalized spacial score (nSPS) is 16.5. The first-order valence-corrected chi connectivity index (χ1v) is 25.9. The summed E-state index contributed by atoms with van der Waals surface area (Å²) < 4.78 is 4.69. The maximum absolute atomic E-state index is 14.3. The minimum absolute atomic E-state index is 0.242. The molecular formula is C50H76N12O22. The minimum atomic E-state index is -2.30. The summed E-state index contributed by atoms with van der Waals surface area (Å²) in [5, 5.41) is 39.3. The van der Waals surface area contributed by atoms with Crippen molar-refractivity contribution in [1.82, 2.24) is 47.9 Å². The fraction of sp³-hybridized carbons (Fsp3) is 0.620. The lowest BCUT2D eigenvalue weighted by Gasteiger charge is -2.29. The van der Waals surface area contributed by atoms with E-state index in [-0.39, 0.29) is 25.1 Å². The summed E-state index contributed by atoms with van der Waals surface area (Å²) in [7, 11) is 0.936. The van der Waals surface area contributed by atoms with Gasteiger partial charge in [0.2, 0.25) is 23.6 Å². The fourth-order valence-corrected chi connectivity index (χ4v) is 7.53. The van der Waals surface area contributed by atoms with Crippen molar-refractivity contribution in [2.45, 2.75) is 178 Å². The first-order chi connectivity index (χ1) is 39.2. The van der Waals surface area contributed by atoms with Gasteiger partial charge in [0.1, 0.15) is 67.8 Å². The number of nitrogens with one attached hydrogen (secondary N) is 9. The topological polar surface area (TPSA) is 560 Å². The molecule has 84 heavy (non-hydrogen) atoms. The van der Waals surface area contributed by atoms with Crippen LogP contribution in [0, 0.1) is 5.92 Å². The van der Waals surface area contributed by atoms with E-state index >= 15 is 0 Å². The van der Waals surface area contributed by atoms with Crippen LogP contribution in [0.25, 0.3) is 0 Å². The number of aldehydes is 5. The van der Waals surface area contributed by atoms with E-state index in [4.69, 9.17) is 21.9 Å². The van der Waals surface area contributed by atoms with Crippen molar-refractivity contribution in [3.63, 3.8) is 0 Å². The van der Waals surface area contributed by atoms with Crippen molar-refractivity contribution in [2.24, 2.45) is 23.1 Å². The second-order valence-corrected chi connectivity index (χ2v) is 19.4. The number of hydrogen-bond donors (Lipinski definition) is 14. The standard InChI is InChI=1S/C50H76N12O22/c1-22(17-63)54-31(48(81)60-42(44(79)30(53)9-11-40(76)77)35(70)15-33(50(83)84-7)56-24(3)19-65)13-37(72)46(58-26(5)21-67)62-49(82)32(55-23(2)18-64)14-36(71)45(57-25(4)20-66)61-47(80)28(43(78)29(52)8-10-39(74)75)12-34(69)41(38(73)16-51)59-27(6)68/h17-26,28-33,41-42,45-46,54-58H,8-16,51-53H2,1-7H3,(H,59,68)(H,60,81)(H,61,80)(H,62,82)(H,74,75)(H,76,77)/t22-,23-,24-,25-,26-,28-,29-,30-,31+,32+,33+,41+,42+,45+,46+/m0/s1. The molecule has 0 heterocycles. The van der Waals surface area contributed by atoms with E-state index < -0.39 is 231 Å². The monoisotopic (exact) mass is 1200 g/mol. The SMILES string of the molecule is COC(=O)[C@@H](CC(=O)[C@@H](NC(=O)[C@@H](CC(=O)[C@@H](NC(=O)[C@@H](CC(=O)[C@@H](NC(=O)[C@@H](CC(=O)[C@@H](NC(C)=O)C(=O)CN)C(=O)[C@@H](N)CCC(=O)O)N[C@@H](C)C=O)N[C@@H](C)C=O)N[C@@H](C)C=O)N[C@@H](C)C=O)C(=O)[C@@H](N)CCC(=O)O)N[C@@H](C)C=O. The van der Waals surface area contributed by atoms with Gasteiger partial charge < -0.3 is 77.4 Å². The van der Waals surface area contributed by atoms with Gasteiger partial charge in [-0.3, -0.25) is 93.7 Å². The van der Waals surface area contributed by atoms with E-state index in [0.717, 1.165) is 14.0 Å². The van der Waals surface area contributed by atoms with Crippen LogP contribution in [0.5, 0.6) is 0 Å². The zero-order valence-electron chi connectivity index (χ0n) is 47.2. The number of carbonyl (C=O) groups excluding carboxylic acids is 17. The Morgan fingerprint density at radius 1 is 0.452 bits per heavy atom. The maximum Gasteiger partial charge on any atom is 0.323 e. The number of ether oxygens (including phenoxy) is 1. The summed E-state index contributed by atoms with van der Waals surface area (Å²) in [6, 6.07) is -19.7. The third-order valence-electron chi connectivity index (χ3n) is 12.0. The number of esters is 1. The number of Topliss-reactive ketones (excluding diaryl/α,β-unsaturated/α-hetero) is 7. The molecule has 0 fully saturated rings. The van der Waals surface area contributed by atoms with Gasteiger partial charge in [-0.15, -0.1) is 0 Å². The molecule has 0 radical (unpaired) electrons. The van der Waals surface area contributed by atoms with Gasteiger partial charge in [0, 0.05) is 45.4 Å². The molecule has 0 aromatic rings. The molecule has 0 aliphatic rings. The number of methoxy groups -OCH3 is 1. The largest absolute Gasteiger partial charge is 0.481 e. The number of carboxylic acids is 2. The summed E-state index contributed by atoms with van der Waals surface area (Å²) in [5.74, 6) is -19.9. The van der Waals surface area contributed by atoms with Crippen LogP contribution < -0.4 is 65.1 Å². The van der Waals surface area contributed by atoms with E-state index in [1.807, 2.05) is 5.32 Å². The molecule has 15 atom stereocenters. The number of carboxylic acid groups (broad SMARTS) is 2. The van der Waals surface area contributed by atoms with Gasteiger partial charge in [0.05, 0.1) is 68.0 Å². The summed E-state index contributed by atoms with van der Waals surface area (Å²) in [5.41, 5.74) is 17.3. The molecular weight excluding hydrogens is 1120 g/mol. The van der Waals surface area contributed by atoms with Gasteiger partial charge >= 0.3 is 17.9 Å². The molecule has 34 nitrogen and oxygen atoms in total. The number of carbonyl (C=O) groups is 19. The molecule has 0 bridgehead atoms. The average Bonchev–Trinajstić information content (AvgIpc) is 3.64. The lowest BCUT2D eigenvalue weighted by Crippen LogP contribution is -2.62. The molecule has 0 saturated carbocycles. The number of ketones is 7. The molecule has 34 heteroatoms. The molecule has 0 spiro atoms. The van der Waals surface area contributed by atoms with E-state index in [0.29, 0.717) is 6.29 Å². The Bertz CT molecular complexity index is 2440. The quantitative estimate of drug-likeness (QED) is 0.0116. The molecule has 17 N–H and O–H groups in total. The van der Waals surface area contributed by atoms with Crippen LogP contribution in [0.15, 0.2) is 0 Å². The van der Waals surface area contributed by atoms with Crippen molar-refractivity contribution in [3.05, 3.63) is 0 Å². The highest BCUT2D eigenvalue weighted by molar-refractivity contribution is 6.14. The summed E-state index contributed by atoms with van der Waals surface area (Å²) >= 11 is 0. The van der Waals surface area contributed by atoms with Gasteiger partial charge in [-0.25, -0.2) is 0 Å². The smallest absolute Gasteiger partial charge is 0.323 e. The predicted molar refractivity (Wildman–Crippen MR) is 286 cm³/mol. The highest BCUT2D eigenvalue weighted by Crippen LogP contribution is 2.15. The molecule has 0 aliphatic carbocycles. The summed E-state index contributed by atoms with van der Waals surface area (Å²) in [4.78, 5) is 245. The summed E-state index contributed by atoms with van der Waals surface area (Å²) in [6.45, 7) is 6.20. The molecule has 0 aromatic heterocycles. The highest BCUT2D eigenvalue weighted by Gasteiger charge is 2.41. The van der Waals surface area contributed by atoms with Crippen molar-refractivity contribution in [2.75, 3.05) is 13.7 Å². The molecule has 0 aromatic carbocycles. The Morgan fingerprint density at radius 2 is 0.810 bits per heavy atom. The first-order valence-electron chi connectivity index (χ1n) is 25.9. The van der Waals surface area contributed by atoms with Crippen molar-refractivity contribution in [3.8, 4) is 0 Å². The van der Waals surface area contributed by atoms with Gasteiger partial charge in [0.15, 0.2) is 40.5 Å². The van der Waals surface area contributed by atoms with Crippen LogP contribution in [0.2, 0.25) is 0 Å². The maximum atomic E-state index is 14.3. The van der Waals surface area contributed by atoms with Crippen LogP contribution >= 0.6 is 0 Å². The van der Waals surface area contributed by atoms with Crippen molar-refractivity contribution in [1.29, 1.82) is 0 Å². The van der Waals surface area contributed by atoms with Crippen molar-refractivity contribution >= 4 is 113 Å². The lowest BCUT2D eigenvalue weighted by atomic mass is 9.88. The molecule has 0 saturated heterocycles. The van der Waals surface area contributed by atoms with Crippen LogP contribution in [0.4, 0.5) is 0 Å². The second-order valence-electron chi connectivity index (χ2n) is 19.4. The molecule has 468 valence electrons. The Morgan fingerprint density at radius 3 is 1.19 bits per heavy atom. The van der Waals surface area contributed by atoms with Gasteiger partial charge in [0.25, 0.3) is 0 Å². The Balaban J connectivity index is 7.53. The van der Waals surface area contributed by atoms with Crippen LogP contribution in [-0.4, -0.2) is 222 Å². The fourth-order valence-electron chi connectivity index (χ4n) is 7.53. The van der Waals surface area contributed by atoms with E-state index in [1.54, 1.807) is 0 Å². The highest BCUT2D eigenvalue weighted by atomic mass is 16.5. The number of aliphatic carboxylic acids is 2. The zero-order valence-corrected chi connectivity index (χ0v) is 47.2. The van der Waals surface area contributed by atoms with Crippen LogP contribution in [0.1, 0.15) is 92.9 Å². The number of rotatable bonds is 47. The van der Waals surface area contributed by atoms with Crippen LogP contribution in [-0.2, 0) is 95.8 Å². The van der Waals surface area contributed by atoms with Crippen LogP contribution in [0.3, 0.4) is 0 Å². The second kappa shape index (κ2) is 38.7. The molecule has 0 aliphatic heterocycles. The Kier molecular flexibility index (Phi) is 35.0. The third-order valence-corrected chi connectivity index (χ3v) is 12.0. The predicted octanol–water partition coefficient (Wildman–Crippen LogP) is -8.47. The molecule has 0 rings (SSSR count). The van der Waals surface area contributed by atoms with Gasteiger partial charge in [-0.05, 0) is 47.5 Å². The number of nitrogens with two attached hydrogens (primary N) is 3. The van der Waals surface area contributed by atoms with Gasteiger partial charge in [-0.2, -0.15) is 0 Å². The average molecular weight is 1200 g/mol. The van der Waals surface area contributed by atoms with E-state index in [1.165, 1.54) is 34.6 Å². The van der Waals surface area contributed by atoms with E-state index in [2.05, 4.69) is 42.5 Å². The number of hydrogen-bond acceptors (Lipinski definition) is 28. The minimum Gasteiger partial charge on any atom is -0.481 e. The third kappa shape index (κ3) is 27.4.